The molecule has 2 amide bonds. The summed E-state index contributed by atoms with van der Waals surface area (Å²) in [4.78, 5) is 27.0. The fourth-order valence-corrected chi connectivity index (χ4v) is 3.76. The number of benzene rings is 1. The molecule has 0 spiro atoms. The van der Waals surface area contributed by atoms with Crippen LogP contribution in [0.3, 0.4) is 0 Å². The molecule has 1 fully saturated rings. The van der Waals surface area contributed by atoms with E-state index in [0.29, 0.717) is 17.3 Å². The van der Waals surface area contributed by atoms with Crippen LogP contribution in [0, 0.1) is 0 Å². The summed E-state index contributed by atoms with van der Waals surface area (Å²) in [5.41, 5.74) is 1.68. The minimum atomic E-state index is -0.677. The van der Waals surface area contributed by atoms with Gasteiger partial charge in [-0.05, 0) is 62.3 Å². The van der Waals surface area contributed by atoms with E-state index in [0.717, 1.165) is 31.6 Å². The first-order chi connectivity index (χ1) is 13.5. The third-order valence-electron chi connectivity index (χ3n) is 5.17. The molecule has 7 heteroatoms. The Labute approximate surface area is 170 Å². The van der Waals surface area contributed by atoms with Gasteiger partial charge in [0.2, 0.25) is 0 Å². The highest BCUT2D eigenvalue weighted by molar-refractivity contribution is 6.39. The van der Waals surface area contributed by atoms with Gasteiger partial charge < -0.3 is 15.2 Å². The van der Waals surface area contributed by atoms with Crippen molar-refractivity contribution < 1.29 is 9.59 Å². The van der Waals surface area contributed by atoms with E-state index in [1.165, 1.54) is 12.8 Å². The predicted molar refractivity (Wildman–Crippen MR) is 111 cm³/mol. The Hall–Kier alpha value is -2.31. The van der Waals surface area contributed by atoms with Gasteiger partial charge in [-0.15, -0.1) is 0 Å². The summed E-state index contributed by atoms with van der Waals surface area (Å²) in [6.45, 7) is 2.40. The second-order valence-electron chi connectivity index (χ2n) is 7.18. The van der Waals surface area contributed by atoms with Gasteiger partial charge in [-0.25, -0.2) is 0 Å². The highest BCUT2D eigenvalue weighted by atomic mass is 35.5. The molecule has 28 heavy (non-hydrogen) atoms. The average molecular weight is 403 g/mol. The normalized spacial score (nSPS) is 16.2. The number of likely N-dealkylation sites (tertiary alicyclic amines) is 1. The zero-order valence-electron chi connectivity index (χ0n) is 16.2. The molecule has 1 aromatic carbocycles. The number of nitrogens with one attached hydrogen (secondary N) is 2. The molecule has 0 radical (unpaired) electrons. The number of halogens is 1. The standard InChI is InChI=1S/C21H27ClN4O2/c1-25-12-6-7-18(25)19(26-13-4-2-3-5-14-26)15-23-20(27)21(28)24-17-10-8-16(22)9-11-17/h6-12,19H,2-5,13-15H2,1H3,(H,23,27)(H,24,28). The Morgan fingerprint density at radius 2 is 1.71 bits per heavy atom. The largest absolute Gasteiger partial charge is 0.353 e. The van der Waals surface area contributed by atoms with Gasteiger partial charge in [0.15, 0.2) is 0 Å². The van der Waals surface area contributed by atoms with Crippen molar-refractivity contribution in [3.8, 4) is 0 Å². The molecule has 0 aliphatic carbocycles. The lowest BCUT2D eigenvalue weighted by Gasteiger charge is -2.31. The summed E-state index contributed by atoms with van der Waals surface area (Å²) in [5, 5.41) is 5.99. The van der Waals surface area contributed by atoms with Gasteiger partial charge in [0.1, 0.15) is 0 Å². The Morgan fingerprint density at radius 3 is 2.32 bits per heavy atom. The number of rotatable bonds is 5. The van der Waals surface area contributed by atoms with Crippen LogP contribution in [0.25, 0.3) is 0 Å². The number of nitrogens with zero attached hydrogens (tertiary/aromatic N) is 2. The zero-order valence-corrected chi connectivity index (χ0v) is 16.9. The zero-order chi connectivity index (χ0) is 19.9. The first-order valence-corrected chi connectivity index (χ1v) is 10.1. The molecule has 1 aliphatic heterocycles. The number of amides is 2. The lowest BCUT2D eigenvalue weighted by Crippen LogP contribution is -2.42. The molecule has 1 aromatic heterocycles. The number of hydrogen-bond donors (Lipinski definition) is 2. The first-order valence-electron chi connectivity index (χ1n) is 9.74. The quantitative estimate of drug-likeness (QED) is 0.754. The van der Waals surface area contributed by atoms with Gasteiger partial charge in [0.05, 0.1) is 6.04 Å². The Kier molecular flexibility index (Phi) is 7.12. The Morgan fingerprint density at radius 1 is 1.04 bits per heavy atom. The maximum atomic E-state index is 12.3. The predicted octanol–water partition coefficient (Wildman–Crippen LogP) is 3.35. The second kappa shape index (κ2) is 9.75. The number of anilines is 1. The summed E-state index contributed by atoms with van der Waals surface area (Å²) < 4.78 is 2.08. The van der Waals surface area contributed by atoms with Crippen LogP contribution in [0.2, 0.25) is 5.02 Å². The number of carbonyl (C=O) groups excluding carboxylic acids is 2. The lowest BCUT2D eigenvalue weighted by molar-refractivity contribution is -0.136. The summed E-state index contributed by atoms with van der Waals surface area (Å²) in [6.07, 6.45) is 6.81. The van der Waals surface area contributed by atoms with Crippen molar-refractivity contribution >= 4 is 29.1 Å². The van der Waals surface area contributed by atoms with Crippen LogP contribution in [0.15, 0.2) is 42.6 Å². The highest BCUT2D eigenvalue weighted by Gasteiger charge is 2.25. The molecular formula is C21H27ClN4O2. The maximum Gasteiger partial charge on any atom is 0.313 e. The van der Waals surface area contributed by atoms with E-state index < -0.39 is 11.8 Å². The lowest BCUT2D eigenvalue weighted by atomic mass is 10.1. The van der Waals surface area contributed by atoms with Crippen LogP contribution in [0.4, 0.5) is 5.69 Å². The van der Waals surface area contributed by atoms with Crippen molar-refractivity contribution in [2.75, 3.05) is 25.0 Å². The molecule has 1 saturated heterocycles. The van der Waals surface area contributed by atoms with E-state index in [1.54, 1.807) is 24.3 Å². The monoisotopic (exact) mass is 402 g/mol. The fourth-order valence-electron chi connectivity index (χ4n) is 3.64. The topological polar surface area (TPSA) is 66.4 Å². The maximum absolute atomic E-state index is 12.3. The van der Waals surface area contributed by atoms with E-state index >= 15 is 0 Å². The minimum Gasteiger partial charge on any atom is -0.353 e. The third kappa shape index (κ3) is 5.36. The van der Waals surface area contributed by atoms with Gasteiger partial charge >= 0.3 is 11.8 Å². The Balaban J connectivity index is 1.63. The fraction of sp³-hybridized carbons (Fsp3) is 0.429. The second-order valence-corrected chi connectivity index (χ2v) is 7.62. The molecule has 2 N–H and O–H groups in total. The van der Waals surface area contributed by atoms with Crippen molar-refractivity contribution in [2.24, 2.45) is 7.05 Å². The van der Waals surface area contributed by atoms with Crippen molar-refractivity contribution in [3.05, 3.63) is 53.3 Å². The van der Waals surface area contributed by atoms with Crippen LogP contribution in [-0.4, -0.2) is 40.9 Å². The van der Waals surface area contributed by atoms with Crippen LogP contribution >= 0.6 is 11.6 Å². The van der Waals surface area contributed by atoms with Crippen molar-refractivity contribution in [1.82, 2.24) is 14.8 Å². The molecule has 2 heterocycles. The smallest absolute Gasteiger partial charge is 0.313 e. The first kappa shape index (κ1) is 20.4. The van der Waals surface area contributed by atoms with Gasteiger partial charge in [-0.3, -0.25) is 14.5 Å². The molecule has 1 atom stereocenters. The van der Waals surface area contributed by atoms with Crippen LogP contribution < -0.4 is 10.6 Å². The molecule has 1 unspecified atom stereocenters. The summed E-state index contributed by atoms with van der Waals surface area (Å²) >= 11 is 5.84. The third-order valence-corrected chi connectivity index (χ3v) is 5.42. The summed E-state index contributed by atoms with van der Waals surface area (Å²) in [7, 11) is 2.01. The van der Waals surface area contributed by atoms with Gasteiger partial charge in [0.25, 0.3) is 0 Å². The average Bonchev–Trinajstić information content (AvgIpc) is 2.93. The van der Waals surface area contributed by atoms with Gasteiger partial charge in [-0.2, -0.15) is 0 Å². The van der Waals surface area contributed by atoms with Gasteiger partial charge in [0, 0.05) is 36.2 Å². The molecular weight excluding hydrogens is 376 g/mol. The van der Waals surface area contributed by atoms with Crippen molar-refractivity contribution in [3.63, 3.8) is 0 Å². The highest BCUT2D eigenvalue weighted by Crippen LogP contribution is 2.24. The van der Waals surface area contributed by atoms with E-state index in [4.69, 9.17) is 11.6 Å². The molecule has 150 valence electrons. The van der Waals surface area contributed by atoms with Crippen molar-refractivity contribution in [1.29, 1.82) is 0 Å². The summed E-state index contributed by atoms with van der Waals surface area (Å²) in [6, 6.07) is 10.8. The van der Waals surface area contributed by atoms with Gasteiger partial charge in [-0.1, -0.05) is 24.4 Å². The van der Waals surface area contributed by atoms with Crippen LogP contribution in [0.1, 0.15) is 37.4 Å². The molecule has 1 aliphatic rings. The van der Waals surface area contributed by atoms with E-state index in [1.807, 2.05) is 19.3 Å². The molecule has 3 rings (SSSR count). The SMILES string of the molecule is Cn1cccc1C(CNC(=O)C(=O)Nc1ccc(Cl)cc1)N1CCCCCC1. The molecule has 6 nitrogen and oxygen atoms in total. The Bertz CT molecular complexity index is 795. The minimum absolute atomic E-state index is 0.0466. The molecule has 0 bridgehead atoms. The molecule has 2 aromatic rings. The number of aryl methyl sites for hydroxylation is 1. The number of aromatic nitrogens is 1. The van der Waals surface area contributed by atoms with E-state index in [2.05, 4.69) is 26.2 Å². The number of carbonyl (C=O) groups is 2. The summed E-state index contributed by atoms with van der Waals surface area (Å²) in [5.74, 6) is -1.31. The van der Waals surface area contributed by atoms with Crippen LogP contribution in [0.5, 0.6) is 0 Å². The van der Waals surface area contributed by atoms with E-state index in [-0.39, 0.29) is 6.04 Å². The van der Waals surface area contributed by atoms with Crippen molar-refractivity contribution in [2.45, 2.75) is 31.7 Å². The molecule has 0 saturated carbocycles. The van der Waals surface area contributed by atoms with E-state index in [9.17, 15) is 9.59 Å². The van der Waals surface area contributed by atoms with Crippen LogP contribution in [-0.2, 0) is 16.6 Å². The number of hydrogen-bond acceptors (Lipinski definition) is 3.